The molecule has 2 aliphatic rings. The third kappa shape index (κ3) is 5.88. The first-order valence-electron chi connectivity index (χ1n) is 15.2. The van der Waals surface area contributed by atoms with Gasteiger partial charge in [0.1, 0.15) is 11.6 Å². The fourth-order valence-electron chi connectivity index (χ4n) is 6.68. The summed E-state index contributed by atoms with van der Waals surface area (Å²) in [7, 11) is 0. The highest BCUT2D eigenvalue weighted by atomic mass is 19.1. The van der Waals surface area contributed by atoms with Gasteiger partial charge in [-0.2, -0.15) is 0 Å². The molecule has 0 amide bonds. The standard InChI is InChI=1S/C36H37F2N5/c37-29-9-13-31(14-10-29)41-22-18-39(19-23-41)26-33-34-8-4-5-17-43(34)35(36(33)28-6-2-1-3-7-28)27-40-20-24-42(25-21-40)32-15-11-30(38)12-16-32/h1-17H,18-27H2. The van der Waals surface area contributed by atoms with Crippen molar-refractivity contribution in [2.24, 2.45) is 0 Å². The van der Waals surface area contributed by atoms with Crippen molar-refractivity contribution in [3.63, 3.8) is 0 Å². The first kappa shape index (κ1) is 27.6. The van der Waals surface area contributed by atoms with Crippen LogP contribution < -0.4 is 9.80 Å². The fraction of sp³-hybridized carbons (Fsp3) is 0.278. The van der Waals surface area contributed by atoms with Crippen molar-refractivity contribution in [1.29, 1.82) is 0 Å². The Morgan fingerprint density at radius 2 is 1.02 bits per heavy atom. The van der Waals surface area contributed by atoms with Crippen molar-refractivity contribution in [2.75, 3.05) is 62.2 Å². The van der Waals surface area contributed by atoms with E-state index in [9.17, 15) is 8.78 Å². The molecule has 2 saturated heterocycles. The molecule has 43 heavy (non-hydrogen) atoms. The van der Waals surface area contributed by atoms with Gasteiger partial charge in [-0.25, -0.2) is 8.78 Å². The molecule has 0 spiro atoms. The number of pyridine rings is 1. The number of piperazine rings is 2. The van der Waals surface area contributed by atoms with Gasteiger partial charge in [0, 0.05) is 94.3 Å². The zero-order valence-corrected chi connectivity index (χ0v) is 24.4. The molecular formula is C36H37F2N5. The highest BCUT2D eigenvalue weighted by Crippen LogP contribution is 2.36. The van der Waals surface area contributed by atoms with Crippen molar-refractivity contribution in [2.45, 2.75) is 13.1 Å². The topological polar surface area (TPSA) is 17.4 Å². The average molecular weight is 578 g/mol. The Bertz CT molecular complexity index is 1550. The minimum absolute atomic E-state index is 0.193. The van der Waals surface area contributed by atoms with Crippen molar-refractivity contribution in [3.8, 4) is 11.1 Å². The predicted octanol–water partition coefficient (Wildman–Crippen LogP) is 6.53. The molecule has 0 radical (unpaired) electrons. The minimum Gasteiger partial charge on any atom is -0.369 e. The Kier molecular flexibility index (Phi) is 7.83. The normalized spacial score (nSPS) is 16.7. The van der Waals surface area contributed by atoms with E-state index >= 15 is 0 Å². The Morgan fingerprint density at radius 1 is 0.512 bits per heavy atom. The molecule has 0 N–H and O–H groups in total. The Hall–Kier alpha value is -4.20. The summed E-state index contributed by atoms with van der Waals surface area (Å²) < 4.78 is 29.3. The van der Waals surface area contributed by atoms with Crippen LogP contribution >= 0.6 is 0 Å². The number of rotatable bonds is 7. The van der Waals surface area contributed by atoms with E-state index in [2.05, 4.69) is 78.7 Å². The molecule has 3 aromatic carbocycles. The van der Waals surface area contributed by atoms with Crippen molar-refractivity contribution in [1.82, 2.24) is 14.2 Å². The van der Waals surface area contributed by atoms with Gasteiger partial charge in [0.25, 0.3) is 0 Å². The van der Waals surface area contributed by atoms with Crippen molar-refractivity contribution < 1.29 is 8.78 Å². The summed E-state index contributed by atoms with van der Waals surface area (Å²) in [6.45, 7) is 9.23. The molecule has 2 aromatic heterocycles. The summed E-state index contributed by atoms with van der Waals surface area (Å²) in [5.41, 5.74) is 8.74. The molecule has 5 nitrogen and oxygen atoms in total. The van der Waals surface area contributed by atoms with E-state index in [1.54, 1.807) is 24.3 Å². The van der Waals surface area contributed by atoms with Crippen LogP contribution in [0.2, 0.25) is 0 Å². The van der Waals surface area contributed by atoms with Gasteiger partial charge in [0.15, 0.2) is 0 Å². The zero-order valence-electron chi connectivity index (χ0n) is 24.4. The van der Waals surface area contributed by atoms with E-state index in [0.29, 0.717) is 0 Å². The van der Waals surface area contributed by atoms with Crippen LogP contribution in [0.25, 0.3) is 16.6 Å². The largest absolute Gasteiger partial charge is 0.369 e. The highest BCUT2D eigenvalue weighted by Gasteiger charge is 2.26. The lowest BCUT2D eigenvalue weighted by molar-refractivity contribution is 0.246. The Labute approximate surface area is 252 Å². The third-order valence-corrected chi connectivity index (χ3v) is 9.00. The molecule has 0 aliphatic carbocycles. The number of anilines is 2. The van der Waals surface area contributed by atoms with E-state index in [0.717, 1.165) is 76.8 Å². The van der Waals surface area contributed by atoms with Crippen LogP contribution in [-0.4, -0.2) is 66.6 Å². The van der Waals surface area contributed by atoms with Crippen LogP contribution in [0.15, 0.2) is 103 Å². The Balaban J connectivity index is 1.14. The van der Waals surface area contributed by atoms with Crippen molar-refractivity contribution >= 4 is 16.9 Å². The lowest BCUT2D eigenvalue weighted by Gasteiger charge is -2.36. The number of hydrogen-bond acceptors (Lipinski definition) is 4. The minimum atomic E-state index is -0.193. The SMILES string of the molecule is Fc1ccc(N2CCN(Cc3c(-c4ccccc4)c(CN4CCN(c5ccc(F)cc5)CC4)n4ccccc34)CC2)cc1. The van der Waals surface area contributed by atoms with E-state index in [1.807, 2.05) is 24.3 Å². The van der Waals surface area contributed by atoms with Gasteiger partial charge in [-0.1, -0.05) is 36.4 Å². The molecule has 0 unspecified atom stereocenters. The maximum Gasteiger partial charge on any atom is 0.123 e. The number of aromatic nitrogens is 1. The van der Waals surface area contributed by atoms with Crippen LogP contribution in [0, 0.1) is 11.6 Å². The van der Waals surface area contributed by atoms with Gasteiger partial charge in [-0.15, -0.1) is 0 Å². The van der Waals surface area contributed by atoms with Gasteiger partial charge in [-0.3, -0.25) is 9.80 Å². The third-order valence-electron chi connectivity index (χ3n) is 9.00. The molecule has 220 valence electrons. The summed E-state index contributed by atoms with van der Waals surface area (Å²) >= 11 is 0. The molecule has 2 fully saturated rings. The second kappa shape index (κ2) is 12.2. The summed E-state index contributed by atoms with van der Waals surface area (Å²) in [5, 5.41) is 0. The monoisotopic (exact) mass is 577 g/mol. The van der Waals surface area contributed by atoms with Crippen LogP contribution in [0.3, 0.4) is 0 Å². The predicted molar refractivity (Wildman–Crippen MR) is 171 cm³/mol. The fourth-order valence-corrected chi connectivity index (χ4v) is 6.68. The van der Waals surface area contributed by atoms with Crippen LogP contribution in [0.1, 0.15) is 11.3 Å². The van der Waals surface area contributed by atoms with E-state index in [1.165, 1.54) is 27.9 Å². The Morgan fingerprint density at radius 3 is 1.58 bits per heavy atom. The van der Waals surface area contributed by atoms with E-state index < -0.39 is 0 Å². The summed E-state index contributed by atoms with van der Waals surface area (Å²) in [4.78, 5) is 9.80. The van der Waals surface area contributed by atoms with Gasteiger partial charge in [0.2, 0.25) is 0 Å². The average Bonchev–Trinajstić information content (AvgIpc) is 3.35. The van der Waals surface area contributed by atoms with E-state index in [4.69, 9.17) is 0 Å². The van der Waals surface area contributed by atoms with E-state index in [-0.39, 0.29) is 11.6 Å². The van der Waals surface area contributed by atoms with Gasteiger partial charge in [0.05, 0.1) is 5.52 Å². The zero-order chi connectivity index (χ0) is 29.2. The molecule has 5 aromatic rings. The smallest absolute Gasteiger partial charge is 0.123 e. The molecular weight excluding hydrogens is 540 g/mol. The maximum absolute atomic E-state index is 13.5. The van der Waals surface area contributed by atoms with Crippen LogP contribution in [-0.2, 0) is 13.1 Å². The van der Waals surface area contributed by atoms with Crippen LogP contribution in [0.4, 0.5) is 20.2 Å². The molecule has 7 heteroatoms. The molecule has 7 rings (SSSR count). The molecule has 2 aliphatic heterocycles. The molecule has 0 atom stereocenters. The van der Waals surface area contributed by atoms with Gasteiger partial charge in [-0.05, 0) is 71.8 Å². The number of benzene rings is 3. The summed E-state index contributed by atoms with van der Waals surface area (Å²) in [6.07, 6.45) is 2.21. The lowest BCUT2D eigenvalue weighted by atomic mass is 9.99. The molecule has 0 saturated carbocycles. The number of fused-ring (bicyclic) bond motifs is 1. The van der Waals surface area contributed by atoms with Crippen molar-refractivity contribution in [3.05, 3.63) is 126 Å². The number of nitrogens with zero attached hydrogens (tertiary/aromatic N) is 5. The maximum atomic E-state index is 13.5. The van der Waals surface area contributed by atoms with Gasteiger partial charge >= 0.3 is 0 Å². The first-order valence-corrected chi connectivity index (χ1v) is 15.2. The highest BCUT2D eigenvalue weighted by molar-refractivity contribution is 5.80. The van der Waals surface area contributed by atoms with Crippen LogP contribution in [0.5, 0.6) is 0 Å². The number of hydrogen-bond donors (Lipinski definition) is 0. The summed E-state index contributed by atoms with van der Waals surface area (Å²) in [6, 6.07) is 31.1. The lowest BCUT2D eigenvalue weighted by Crippen LogP contribution is -2.46. The number of halogens is 2. The summed E-state index contributed by atoms with van der Waals surface area (Å²) in [5.74, 6) is -0.386. The second-order valence-corrected chi connectivity index (χ2v) is 11.6. The molecule has 0 bridgehead atoms. The first-order chi connectivity index (χ1) is 21.1. The van der Waals surface area contributed by atoms with Gasteiger partial charge < -0.3 is 14.2 Å². The molecule has 4 heterocycles. The quantitative estimate of drug-likeness (QED) is 0.219. The second-order valence-electron chi connectivity index (χ2n) is 11.6.